The Morgan fingerprint density at radius 3 is 2.41 bits per heavy atom. The molecule has 0 aliphatic carbocycles. The van der Waals surface area contributed by atoms with E-state index in [2.05, 4.69) is 24.5 Å². The quantitative estimate of drug-likeness (QED) is 0.830. The smallest absolute Gasteiger partial charge is 0.319 e. The molecule has 2 aromatic rings. The number of likely N-dealkylation sites (tertiary alicyclic amines) is 1. The number of para-hydroxylation sites is 1. The summed E-state index contributed by atoms with van der Waals surface area (Å²) in [6, 6.07) is 17.3. The molecule has 1 fully saturated rings. The van der Waals surface area contributed by atoms with E-state index in [0.29, 0.717) is 18.9 Å². The van der Waals surface area contributed by atoms with Crippen molar-refractivity contribution in [2.45, 2.75) is 45.2 Å². The van der Waals surface area contributed by atoms with Crippen molar-refractivity contribution in [2.75, 3.05) is 11.9 Å². The molecule has 0 saturated carbocycles. The highest BCUT2D eigenvalue weighted by molar-refractivity contribution is 5.91. The standard InChI is InChI=1S/C22H27N3O2/c1-15(2)19-11-7-8-12-20(19)24-22(27)23-18-13-21(26)25(14-18)16(3)17-9-5-4-6-10-17/h4-12,15-16,18H,13-14H2,1-3H3,(H2,23,24,27). The summed E-state index contributed by atoms with van der Waals surface area (Å²) < 4.78 is 0. The fourth-order valence-electron chi connectivity index (χ4n) is 3.57. The number of amides is 3. The molecule has 0 aromatic heterocycles. The molecule has 5 heteroatoms. The number of benzene rings is 2. The van der Waals surface area contributed by atoms with E-state index in [0.717, 1.165) is 16.8 Å². The maximum atomic E-state index is 12.4. The van der Waals surface area contributed by atoms with Gasteiger partial charge in [0.1, 0.15) is 0 Å². The zero-order valence-electron chi connectivity index (χ0n) is 16.1. The first-order valence-corrected chi connectivity index (χ1v) is 9.46. The summed E-state index contributed by atoms with van der Waals surface area (Å²) in [6.07, 6.45) is 0.330. The van der Waals surface area contributed by atoms with E-state index in [-0.39, 0.29) is 24.0 Å². The Bertz CT molecular complexity index is 804. The summed E-state index contributed by atoms with van der Waals surface area (Å²) in [7, 11) is 0. The summed E-state index contributed by atoms with van der Waals surface area (Å²) in [4.78, 5) is 26.7. The van der Waals surface area contributed by atoms with Gasteiger partial charge in [0.05, 0.1) is 12.1 Å². The normalized spacial score (nSPS) is 17.9. The Morgan fingerprint density at radius 1 is 1.04 bits per heavy atom. The number of hydrogen-bond acceptors (Lipinski definition) is 2. The van der Waals surface area contributed by atoms with Crippen molar-refractivity contribution < 1.29 is 9.59 Å². The highest BCUT2D eigenvalue weighted by Gasteiger charge is 2.34. The zero-order valence-corrected chi connectivity index (χ0v) is 16.1. The lowest BCUT2D eigenvalue weighted by Crippen LogP contribution is -2.40. The van der Waals surface area contributed by atoms with Crippen molar-refractivity contribution in [3.05, 3.63) is 65.7 Å². The summed E-state index contributed by atoms with van der Waals surface area (Å²) in [6.45, 7) is 6.73. The topological polar surface area (TPSA) is 61.4 Å². The number of nitrogens with one attached hydrogen (secondary N) is 2. The number of carbonyl (C=O) groups excluding carboxylic acids is 2. The Morgan fingerprint density at radius 2 is 1.70 bits per heavy atom. The van der Waals surface area contributed by atoms with E-state index in [1.54, 1.807) is 0 Å². The van der Waals surface area contributed by atoms with Crippen LogP contribution in [0, 0.1) is 0 Å². The first-order chi connectivity index (χ1) is 13.0. The van der Waals surface area contributed by atoms with Crippen LogP contribution in [0.5, 0.6) is 0 Å². The molecule has 3 rings (SSSR count). The van der Waals surface area contributed by atoms with Gasteiger partial charge in [0.2, 0.25) is 5.91 Å². The second kappa shape index (κ2) is 8.25. The summed E-state index contributed by atoms with van der Waals surface area (Å²) >= 11 is 0. The molecule has 2 atom stereocenters. The molecule has 0 spiro atoms. The van der Waals surface area contributed by atoms with Gasteiger partial charge in [-0.3, -0.25) is 4.79 Å². The molecule has 0 bridgehead atoms. The Kier molecular flexibility index (Phi) is 5.79. The van der Waals surface area contributed by atoms with Crippen LogP contribution in [0.25, 0.3) is 0 Å². The predicted molar refractivity (Wildman–Crippen MR) is 108 cm³/mol. The monoisotopic (exact) mass is 365 g/mol. The van der Waals surface area contributed by atoms with Gasteiger partial charge in [0, 0.05) is 18.7 Å². The number of hydrogen-bond donors (Lipinski definition) is 2. The molecule has 1 saturated heterocycles. The van der Waals surface area contributed by atoms with Gasteiger partial charge in [-0.05, 0) is 30.0 Å². The van der Waals surface area contributed by atoms with Crippen LogP contribution in [0.3, 0.4) is 0 Å². The van der Waals surface area contributed by atoms with E-state index in [1.807, 2.05) is 66.4 Å². The van der Waals surface area contributed by atoms with Crippen LogP contribution in [-0.4, -0.2) is 29.4 Å². The third-order valence-corrected chi connectivity index (χ3v) is 5.07. The molecule has 142 valence electrons. The van der Waals surface area contributed by atoms with Gasteiger partial charge in [-0.1, -0.05) is 62.4 Å². The molecule has 2 N–H and O–H groups in total. The zero-order chi connectivity index (χ0) is 19.4. The van der Waals surface area contributed by atoms with Crippen molar-refractivity contribution in [3.63, 3.8) is 0 Å². The maximum Gasteiger partial charge on any atom is 0.319 e. The van der Waals surface area contributed by atoms with Gasteiger partial charge in [0.15, 0.2) is 0 Å². The number of anilines is 1. The van der Waals surface area contributed by atoms with E-state index in [1.165, 1.54) is 0 Å². The van der Waals surface area contributed by atoms with E-state index in [4.69, 9.17) is 0 Å². The molecular formula is C22H27N3O2. The fourth-order valence-corrected chi connectivity index (χ4v) is 3.57. The molecule has 27 heavy (non-hydrogen) atoms. The van der Waals surface area contributed by atoms with Gasteiger partial charge < -0.3 is 15.5 Å². The van der Waals surface area contributed by atoms with Gasteiger partial charge >= 0.3 is 6.03 Å². The van der Waals surface area contributed by atoms with Crippen molar-refractivity contribution in [2.24, 2.45) is 0 Å². The van der Waals surface area contributed by atoms with Crippen molar-refractivity contribution in [1.29, 1.82) is 0 Å². The maximum absolute atomic E-state index is 12.4. The molecule has 1 heterocycles. The first-order valence-electron chi connectivity index (χ1n) is 9.46. The second-order valence-corrected chi connectivity index (χ2v) is 7.37. The molecule has 5 nitrogen and oxygen atoms in total. The SMILES string of the molecule is CC(C)c1ccccc1NC(=O)NC1CC(=O)N(C(C)c2ccccc2)C1. The molecule has 2 unspecified atom stereocenters. The highest BCUT2D eigenvalue weighted by Crippen LogP contribution is 2.26. The minimum atomic E-state index is -0.268. The van der Waals surface area contributed by atoms with Crippen LogP contribution >= 0.6 is 0 Å². The fraction of sp³-hybridized carbons (Fsp3) is 0.364. The average Bonchev–Trinajstić information content (AvgIpc) is 3.02. The minimum Gasteiger partial charge on any atom is -0.334 e. The number of rotatable bonds is 5. The number of nitrogens with zero attached hydrogens (tertiary/aromatic N) is 1. The second-order valence-electron chi connectivity index (χ2n) is 7.37. The molecule has 0 radical (unpaired) electrons. The summed E-state index contributed by atoms with van der Waals surface area (Å²) in [5.41, 5.74) is 3.00. The predicted octanol–water partition coefficient (Wildman–Crippen LogP) is 4.29. The lowest BCUT2D eigenvalue weighted by Gasteiger charge is -2.25. The van der Waals surface area contributed by atoms with Crippen LogP contribution < -0.4 is 10.6 Å². The molecular weight excluding hydrogens is 338 g/mol. The van der Waals surface area contributed by atoms with Crippen LogP contribution in [0.1, 0.15) is 50.3 Å². The average molecular weight is 365 g/mol. The van der Waals surface area contributed by atoms with E-state index >= 15 is 0 Å². The van der Waals surface area contributed by atoms with Crippen molar-refractivity contribution in [3.8, 4) is 0 Å². The largest absolute Gasteiger partial charge is 0.334 e. The highest BCUT2D eigenvalue weighted by atomic mass is 16.2. The lowest BCUT2D eigenvalue weighted by atomic mass is 10.0. The number of urea groups is 1. The van der Waals surface area contributed by atoms with Gasteiger partial charge in [-0.2, -0.15) is 0 Å². The van der Waals surface area contributed by atoms with Gasteiger partial charge in [-0.15, -0.1) is 0 Å². The van der Waals surface area contributed by atoms with Gasteiger partial charge in [-0.25, -0.2) is 4.79 Å². The third kappa shape index (κ3) is 4.48. The van der Waals surface area contributed by atoms with Gasteiger partial charge in [0.25, 0.3) is 0 Å². The number of carbonyl (C=O) groups is 2. The Balaban J connectivity index is 1.61. The van der Waals surface area contributed by atoms with Crippen LogP contribution in [0.2, 0.25) is 0 Å². The minimum absolute atomic E-state index is 0.00442. The summed E-state index contributed by atoms with van der Waals surface area (Å²) in [5.74, 6) is 0.385. The van der Waals surface area contributed by atoms with Crippen molar-refractivity contribution in [1.82, 2.24) is 10.2 Å². The Labute approximate surface area is 160 Å². The molecule has 1 aliphatic rings. The third-order valence-electron chi connectivity index (χ3n) is 5.07. The van der Waals surface area contributed by atoms with Crippen LogP contribution in [-0.2, 0) is 4.79 Å². The van der Waals surface area contributed by atoms with Crippen LogP contribution in [0.4, 0.5) is 10.5 Å². The molecule has 1 aliphatic heterocycles. The van der Waals surface area contributed by atoms with E-state index < -0.39 is 0 Å². The molecule has 3 amide bonds. The summed E-state index contributed by atoms with van der Waals surface area (Å²) in [5, 5.41) is 5.88. The first kappa shape index (κ1) is 19.0. The molecule has 2 aromatic carbocycles. The lowest BCUT2D eigenvalue weighted by molar-refractivity contribution is -0.129. The Hall–Kier alpha value is -2.82. The van der Waals surface area contributed by atoms with Crippen molar-refractivity contribution >= 4 is 17.6 Å². The van der Waals surface area contributed by atoms with E-state index in [9.17, 15) is 9.59 Å². The van der Waals surface area contributed by atoms with Crippen LogP contribution in [0.15, 0.2) is 54.6 Å².